The van der Waals surface area contributed by atoms with Crippen LogP contribution in [0.4, 0.5) is 0 Å². The molecule has 1 amide bonds. The SMILES string of the molecule is O=C(NC1CCCOc2c(Cl)cccc21)C1CCCC1O. The van der Waals surface area contributed by atoms with Gasteiger partial charge >= 0.3 is 0 Å². The smallest absolute Gasteiger partial charge is 0.226 e. The molecule has 3 unspecified atom stereocenters. The number of ether oxygens (including phenoxy) is 1. The van der Waals surface area contributed by atoms with Crippen LogP contribution in [-0.2, 0) is 4.79 Å². The second kappa shape index (κ2) is 6.24. The van der Waals surface area contributed by atoms with E-state index in [4.69, 9.17) is 16.3 Å². The molecule has 1 fully saturated rings. The molecule has 1 aliphatic carbocycles. The first-order chi connectivity index (χ1) is 10.2. The van der Waals surface area contributed by atoms with E-state index in [9.17, 15) is 9.90 Å². The monoisotopic (exact) mass is 309 g/mol. The minimum absolute atomic E-state index is 0.0576. The number of carbonyl (C=O) groups is 1. The lowest BCUT2D eigenvalue weighted by molar-refractivity contribution is -0.128. The van der Waals surface area contributed by atoms with Crippen molar-refractivity contribution in [2.45, 2.75) is 44.2 Å². The normalized spacial score (nSPS) is 28.4. The van der Waals surface area contributed by atoms with E-state index >= 15 is 0 Å². The minimum Gasteiger partial charge on any atom is -0.492 e. The predicted octanol–water partition coefficient (Wildman–Crippen LogP) is 2.83. The maximum Gasteiger partial charge on any atom is 0.226 e. The van der Waals surface area contributed by atoms with Crippen LogP contribution in [0.3, 0.4) is 0 Å². The minimum atomic E-state index is -0.508. The molecule has 2 aliphatic rings. The molecule has 3 atom stereocenters. The number of aliphatic hydroxyl groups is 1. The maximum atomic E-state index is 12.4. The Balaban J connectivity index is 1.79. The van der Waals surface area contributed by atoms with Crippen LogP contribution < -0.4 is 10.1 Å². The van der Waals surface area contributed by atoms with E-state index in [-0.39, 0.29) is 17.9 Å². The summed E-state index contributed by atoms with van der Waals surface area (Å²) in [7, 11) is 0. The summed E-state index contributed by atoms with van der Waals surface area (Å²) in [6.45, 7) is 0.606. The van der Waals surface area contributed by atoms with Gasteiger partial charge in [0.25, 0.3) is 0 Å². The molecule has 1 aliphatic heterocycles. The summed E-state index contributed by atoms with van der Waals surface area (Å²) in [5, 5.41) is 13.5. The zero-order valence-corrected chi connectivity index (χ0v) is 12.6. The Morgan fingerprint density at radius 2 is 2.14 bits per heavy atom. The summed E-state index contributed by atoms with van der Waals surface area (Å²) in [6, 6.07) is 5.52. The number of fused-ring (bicyclic) bond motifs is 1. The Morgan fingerprint density at radius 1 is 1.29 bits per heavy atom. The first kappa shape index (κ1) is 14.7. The number of benzene rings is 1. The number of para-hydroxylation sites is 1. The molecule has 1 heterocycles. The van der Waals surface area contributed by atoms with Crippen LogP contribution in [0.25, 0.3) is 0 Å². The molecule has 1 aromatic rings. The average Bonchev–Trinajstić information content (AvgIpc) is 2.78. The Labute approximate surface area is 129 Å². The van der Waals surface area contributed by atoms with Crippen molar-refractivity contribution in [3.05, 3.63) is 28.8 Å². The number of nitrogens with one attached hydrogen (secondary N) is 1. The Bertz CT molecular complexity index is 534. The molecule has 0 spiro atoms. The van der Waals surface area contributed by atoms with Gasteiger partial charge in [-0.1, -0.05) is 23.7 Å². The van der Waals surface area contributed by atoms with Crippen molar-refractivity contribution in [3.63, 3.8) is 0 Å². The second-order valence-corrected chi connectivity index (χ2v) is 6.22. The van der Waals surface area contributed by atoms with E-state index < -0.39 is 6.10 Å². The highest BCUT2D eigenvalue weighted by Gasteiger charge is 2.33. The van der Waals surface area contributed by atoms with Crippen molar-refractivity contribution >= 4 is 17.5 Å². The number of aliphatic hydroxyl groups excluding tert-OH is 1. The number of hydrogen-bond acceptors (Lipinski definition) is 3. The molecule has 4 nitrogen and oxygen atoms in total. The van der Waals surface area contributed by atoms with Gasteiger partial charge in [0.15, 0.2) is 0 Å². The molecular formula is C16H20ClNO3. The highest BCUT2D eigenvalue weighted by molar-refractivity contribution is 6.32. The average molecular weight is 310 g/mol. The summed E-state index contributed by atoms with van der Waals surface area (Å²) < 4.78 is 5.71. The van der Waals surface area contributed by atoms with E-state index in [2.05, 4.69) is 5.32 Å². The molecule has 1 saturated carbocycles. The Morgan fingerprint density at radius 3 is 2.90 bits per heavy atom. The molecule has 0 aromatic heterocycles. The summed E-state index contributed by atoms with van der Waals surface area (Å²) in [5.41, 5.74) is 0.931. The molecule has 2 N–H and O–H groups in total. The quantitative estimate of drug-likeness (QED) is 0.883. The molecule has 0 saturated heterocycles. The van der Waals surface area contributed by atoms with Gasteiger partial charge in [0.2, 0.25) is 5.91 Å². The summed E-state index contributed by atoms with van der Waals surface area (Å²) in [5.74, 6) is 0.337. The maximum absolute atomic E-state index is 12.4. The van der Waals surface area contributed by atoms with Gasteiger partial charge in [-0.3, -0.25) is 4.79 Å². The predicted molar refractivity (Wildman–Crippen MR) is 80.4 cm³/mol. The van der Waals surface area contributed by atoms with E-state index in [1.807, 2.05) is 12.1 Å². The zero-order valence-electron chi connectivity index (χ0n) is 11.8. The third-order valence-corrected chi connectivity index (χ3v) is 4.69. The topological polar surface area (TPSA) is 58.6 Å². The largest absolute Gasteiger partial charge is 0.492 e. The molecule has 5 heteroatoms. The third kappa shape index (κ3) is 3.01. The van der Waals surface area contributed by atoms with E-state index in [0.29, 0.717) is 23.8 Å². The van der Waals surface area contributed by atoms with Gasteiger partial charge in [0.05, 0.1) is 29.7 Å². The van der Waals surface area contributed by atoms with E-state index in [0.717, 1.165) is 31.2 Å². The standard InChI is InChI=1S/C16H20ClNO3/c17-12-6-1-4-10-13(7-3-9-21-15(10)12)18-16(20)11-5-2-8-14(11)19/h1,4,6,11,13-14,19H,2-3,5,7-9H2,(H,18,20). The van der Waals surface area contributed by atoms with Crippen LogP contribution >= 0.6 is 11.6 Å². The lowest BCUT2D eigenvalue weighted by atomic mass is 9.99. The van der Waals surface area contributed by atoms with Crippen LogP contribution in [0.2, 0.25) is 5.02 Å². The van der Waals surface area contributed by atoms with Crippen molar-refractivity contribution in [1.82, 2.24) is 5.32 Å². The van der Waals surface area contributed by atoms with Crippen LogP contribution in [-0.4, -0.2) is 23.7 Å². The van der Waals surface area contributed by atoms with Crippen LogP contribution in [0, 0.1) is 5.92 Å². The summed E-state index contributed by atoms with van der Waals surface area (Å²) in [4.78, 5) is 12.4. The van der Waals surface area contributed by atoms with Crippen molar-refractivity contribution in [2.75, 3.05) is 6.61 Å². The molecule has 0 radical (unpaired) electrons. The second-order valence-electron chi connectivity index (χ2n) is 5.81. The molecule has 0 bridgehead atoms. The number of carbonyl (C=O) groups excluding carboxylic acids is 1. The number of halogens is 1. The zero-order chi connectivity index (χ0) is 14.8. The highest BCUT2D eigenvalue weighted by Crippen LogP contribution is 2.37. The van der Waals surface area contributed by atoms with Crippen LogP contribution in [0.5, 0.6) is 5.75 Å². The van der Waals surface area contributed by atoms with Crippen LogP contribution in [0.1, 0.15) is 43.7 Å². The molecule has 114 valence electrons. The summed E-state index contributed by atoms with van der Waals surface area (Å²) >= 11 is 6.19. The molecule has 21 heavy (non-hydrogen) atoms. The number of hydrogen-bond donors (Lipinski definition) is 2. The van der Waals surface area contributed by atoms with Gasteiger partial charge in [0.1, 0.15) is 5.75 Å². The third-order valence-electron chi connectivity index (χ3n) is 4.39. The Kier molecular flexibility index (Phi) is 4.36. The van der Waals surface area contributed by atoms with Crippen molar-refractivity contribution in [2.24, 2.45) is 5.92 Å². The first-order valence-corrected chi connectivity index (χ1v) is 7.94. The molecule has 1 aromatic carbocycles. The lowest BCUT2D eigenvalue weighted by Crippen LogP contribution is -2.37. The van der Waals surface area contributed by atoms with Crippen molar-refractivity contribution in [1.29, 1.82) is 0 Å². The van der Waals surface area contributed by atoms with E-state index in [1.165, 1.54) is 0 Å². The van der Waals surface area contributed by atoms with Gasteiger partial charge in [0, 0.05) is 5.56 Å². The molecular weight excluding hydrogens is 290 g/mol. The number of rotatable bonds is 2. The first-order valence-electron chi connectivity index (χ1n) is 7.56. The lowest BCUT2D eigenvalue weighted by Gasteiger charge is -2.22. The summed E-state index contributed by atoms with van der Waals surface area (Å²) in [6.07, 6.45) is 3.57. The van der Waals surface area contributed by atoms with Gasteiger partial charge < -0.3 is 15.2 Å². The van der Waals surface area contributed by atoms with Crippen LogP contribution in [0.15, 0.2) is 18.2 Å². The Hall–Kier alpha value is -1.26. The fourth-order valence-corrected chi connectivity index (χ4v) is 3.48. The number of amides is 1. The van der Waals surface area contributed by atoms with Gasteiger partial charge in [-0.25, -0.2) is 0 Å². The van der Waals surface area contributed by atoms with E-state index in [1.54, 1.807) is 6.07 Å². The fourth-order valence-electron chi connectivity index (χ4n) is 3.24. The van der Waals surface area contributed by atoms with Crippen molar-refractivity contribution in [3.8, 4) is 5.75 Å². The van der Waals surface area contributed by atoms with Gasteiger partial charge in [-0.2, -0.15) is 0 Å². The fraction of sp³-hybridized carbons (Fsp3) is 0.562. The molecule has 3 rings (SSSR count). The van der Waals surface area contributed by atoms with Gasteiger partial charge in [-0.05, 0) is 38.2 Å². The van der Waals surface area contributed by atoms with Crippen molar-refractivity contribution < 1.29 is 14.6 Å². The highest BCUT2D eigenvalue weighted by atomic mass is 35.5. The van der Waals surface area contributed by atoms with Gasteiger partial charge in [-0.15, -0.1) is 0 Å².